The summed E-state index contributed by atoms with van der Waals surface area (Å²) in [6.45, 7) is 0. The number of nitrogens with zero attached hydrogens (tertiary/aromatic N) is 4. The van der Waals surface area contributed by atoms with E-state index in [2.05, 4.69) is 162 Å². The molecule has 0 spiro atoms. The van der Waals surface area contributed by atoms with E-state index in [0.29, 0.717) is 5.82 Å². The van der Waals surface area contributed by atoms with Crippen LogP contribution in [0.3, 0.4) is 0 Å². The second kappa shape index (κ2) is 13.4. The molecule has 7 aromatic carbocycles. The van der Waals surface area contributed by atoms with E-state index >= 15 is 0 Å². The van der Waals surface area contributed by atoms with E-state index < -0.39 is 0 Å². The van der Waals surface area contributed by atoms with E-state index in [4.69, 9.17) is 9.97 Å². The van der Waals surface area contributed by atoms with Crippen LogP contribution in [0.25, 0.3) is 99.7 Å². The van der Waals surface area contributed by atoms with Gasteiger partial charge in [0.25, 0.3) is 0 Å². The molecule has 0 radical (unpaired) electrons. The Morgan fingerprint density at radius 2 is 0.870 bits per heavy atom. The number of fused-ring (bicyclic) bond motifs is 3. The van der Waals surface area contributed by atoms with Crippen molar-refractivity contribution in [3.63, 3.8) is 0 Å². The fraction of sp³-hybridized carbons (Fsp3) is 0. The Bertz CT molecular complexity index is 2930. The maximum Gasteiger partial charge on any atom is 0.160 e. The molecule has 0 aliphatic heterocycles. The largest absolute Gasteiger partial charge is 0.263 e. The SMILES string of the molecule is c1ccc(-c2c3ccccc3c(-c3cccc(-c4nc(-c5cccc(-c6ccccn6)c5)cc(-c5cncc6ccccc56)n4)c3)c3ccccc23)cc1. The van der Waals surface area contributed by atoms with Crippen molar-refractivity contribution in [2.24, 2.45) is 0 Å². The fourth-order valence-electron chi connectivity index (χ4n) is 7.72. The van der Waals surface area contributed by atoms with Crippen LogP contribution in [-0.2, 0) is 0 Å². The highest BCUT2D eigenvalue weighted by Gasteiger charge is 2.18. The quantitative estimate of drug-likeness (QED) is 0.163. The van der Waals surface area contributed by atoms with Gasteiger partial charge in [0.1, 0.15) is 0 Å². The Hall–Kier alpha value is -7.30. The number of benzene rings is 7. The summed E-state index contributed by atoms with van der Waals surface area (Å²) >= 11 is 0. The third kappa shape index (κ3) is 5.58. The number of aromatic nitrogens is 4. The molecule has 0 saturated carbocycles. The third-order valence-electron chi connectivity index (χ3n) is 10.2. The number of rotatable bonds is 6. The Kier molecular flexibility index (Phi) is 7.77. The molecule has 0 fully saturated rings. The van der Waals surface area contributed by atoms with Gasteiger partial charge in [-0.3, -0.25) is 9.97 Å². The predicted molar refractivity (Wildman–Crippen MR) is 223 cm³/mol. The molecule has 3 aromatic heterocycles. The standard InChI is InChI=1S/C50H32N4/c1-2-14-33(15-3-1)48-40-22-6-8-24-42(40)49(43-25-9-7-23-41(43)48)36-19-13-20-37(29-36)50-53-46(35-18-12-17-34(28-35)45-26-10-11-27-52-45)30-47(54-50)44-32-51-31-38-16-4-5-21-39(38)44/h1-32H. The minimum atomic E-state index is 0.648. The molecule has 10 rings (SSSR count). The van der Waals surface area contributed by atoms with Gasteiger partial charge in [0.05, 0.1) is 17.1 Å². The summed E-state index contributed by atoms with van der Waals surface area (Å²) in [5.41, 5.74) is 11.2. The Labute approximate surface area is 313 Å². The van der Waals surface area contributed by atoms with Crippen molar-refractivity contribution < 1.29 is 0 Å². The maximum absolute atomic E-state index is 5.28. The molecule has 0 N–H and O–H groups in total. The first kappa shape index (κ1) is 31.4. The van der Waals surface area contributed by atoms with Gasteiger partial charge in [-0.25, -0.2) is 9.97 Å². The summed E-state index contributed by atoms with van der Waals surface area (Å²) in [5, 5.41) is 7.01. The number of pyridine rings is 2. The molecular formula is C50H32N4. The van der Waals surface area contributed by atoms with Gasteiger partial charge >= 0.3 is 0 Å². The fourth-order valence-corrected chi connectivity index (χ4v) is 7.72. The summed E-state index contributed by atoms with van der Waals surface area (Å²) in [4.78, 5) is 19.8. The molecule has 0 atom stereocenters. The molecule has 10 aromatic rings. The average molecular weight is 689 g/mol. The molecule has 0 aliphatic carbocycles. The monoisotopic (exact) mass is 688 g/mol. The molecule has 4 heteroatoms. The predicted octanol–water partition coefficient (Wildman–Crippen LogP) is 12.7. The van der Waals surface area contributed by atoms with Crippen molar-refractivity contribution >= 4 is 32.3 Å². The Morgan fingerprint density at radius 1 is 0.333 bits per heavy atom. The zero-order valence-electron chi connectivity index (χ0n) is 29.3. The van der Waals surface area contributed by atoms with E-state index in [1.807, 2.05) is 42.9 Å². The van der Waals surface area contributed by atoms with Crippen molar-refractivity contribution in [3.05, 3.63) is 195 Å². The van der Waals surface area contributed by atoms with Crippen LogP contribution in [0.15, 0.2) is 195 Å². The van der Waals surface area contributed by atoms with E-state index in [9.17, 15) is 0 Å². The van der Waals surface area contributed by atoms with Gasteiger partial charge in [-0.05, 0) is 79.5 Å². The summed E-state index contributed by atoms with van der Waals surface area (Å²) in [6.07, 6.45) is 5.63. The van der Waals surface area contributed by atoms with Crippen molar-refractivity contribution in [3.8, 4) is 67.4 Å². The smallest absolute Gasteiger partial charge is 0.160 e. The topological polar surface area (TPSA) is 51.6 Å². The molecule has 4 nitrogen and oxygen atoms in total. The lowest BCUT2D eigenvalue weighted by molar-refractivity contribution is 1.18. The van der Waals surface area contributed by atoms with Crippen LogP contribution in [0.1, 0.15) is 0 Å². The number of hydrogen-bond donors (Lipinski definition) is 0. The van der Waals surface area contributed by atoms with E-state index in [1.54, 1.807) is 0 Å². The summed E-state index contributed by atoms with van der Waals surface area (Å²) in [5.74, 6) is 0.648. The van der Waals surface area contributed by atoms with Crippen molar-refractivity contribution in [2.75, 3.05) is 0 Å². The van der Waals surface area contributed by atoms with E-state index in [0.717, 1.165) is 55.7 Å². The van der Waals surface area contributed by atoms with Crippen LogP contribution in [0.5, 0.6) is 0 Å². The second-order valence-electron chi connectivity index (χ2n) is 13.5. The first-order valence-electron chi connectivity index (χ1n) is 18.1. The van der Waals surface area contributed by atoms with Gasteiger partial charge < -0.3 is 0 Å². The van der Waals surface area contributed by atoms with Gasteiger partial charge in [0.15, 0.2) is 5.82 Å². The lowest BCUT2D eigenvalue weighted by Crippen LogP contribution is -1.97. The zero-order chi connectivity index (χ0) is 35.8. The first-order valence-corrected chi connectivity index (χ1v) is 18.1. The summed E-state index contributed by atoms with van der Waals surface area (Å²) in [7, 11) is 0. The minimum Gasteiger partial charge on any atom is -0.263 e. The van der Waals surface area contributed by atoms with Gasteiger partial charge in [0.2, 0.25) is 0 Å². The molecule has 0 aliphatic rings. The minimum absolute atomic E-state index is 0.648. The molecule has 0 saturated heterocycles. The second-order valence-corrected chi connectivity index (χ2v) is 13.5. The van der Waals surface area contributed by atoms with Gasteiger partial charge in [-0.1, -0.05) is 146 Å². The first-order chi connectivity index (χ1) is 26.8. The molecule has 54 heavy (non-hydrogen) atoms. The van der Waals surface area contributed by atoms with Gasteiger partial charge in [0, 0.05) is 46.2 Å². The molecule has 252 valence electrons. The van der Waals surface area contributed by atoms with Crippen LogP contribution in [-0.4, -0.2) is 19.9 Å². The molecule has 3 heterocycles. The highest BCUT2D eigenvalue weighted by molar-refractivity contribution is 6.21. The molecular weight excluding hydrogens is 657 g/mol. The third-order valence-corrected chi connectivity index (χ3v) is 10.2. The Balaban J connectivity index is 1.19. The van der Waals surface area contributed by atoms with Gasteiger partial charge in [-0.2, -0.15) is 0 Å². The van der Waals surface area contributed by atoms with Crippen LogP contribution >= 0.6 is 0 Å². The summed E-state index contributed by atoms with van der Waals surface area (Å²) in [6, 6.07) is 61.7. The van der Waals surface area contributed by atoms with E-state index in [1.165, 1.54) is 38.2 Å². The highest BCUT2D eigenvalue weighted by atomic mass is 14.9. The Morgan fingerprint density at radius 3 is 1.57 bits per heavy atom. The van der Waals surface area contributed by atoms with Crippen LogP contribution < -0.4 is 0 Å². The molecule has 0 bridgehead atoms. The van der Waals surface area contributed by atoms with Gasteiger partial charge in [-0.15, -0.1) is 0 Å². The lowest BCUT2D eigenvalue weighted by atomic mass is 9.85. The van der Waals surface area contributed by atoms with Crippen molar-refractivity contribution in [2.45, 2.75) is 0 Å². The van der Waals surface area contributed by atoms with Crippen LogP contribution in [0.4, 0.5) is 0 Å². The molecule has 0 amide bonds. The maximum atomic E-state index is 5.28. The average Bonchev–Trinajstić information content (AvgIpc) is 3.26. The molecule has 0 unspecified atom stereocenters. The van der Waals surface area contributed by atoms with Crippen LogP contribution in [0, 0.1) is 0 Å². The van der Waals surface area contributed by atoms with Crippen molar-refractivity contribution in [1.29, 1.82) is 0 Å². The van der Waals surface area contributed by atoms with Crippen LogP contribution in [0.2, 0.25) is 0 Å². The highest BCUT2D eigenvalue weighted by Crippen LogP contribution is 2.44. The lowest BCUT2D eigenvalue weighted by Gasteiger charge is -2.18. The normalized spacial score (nSPS) is 11.3. The van der Waals surface area contributed by atoms with E-state index in [-0.39, 0.29) is 0 Å². The summed E-state index contributed by atoms with van der Waals surface area (Å²) < 4.78 is 0. The van der Waals surface area contributed by atoms with Crippen molar-refractivity contribution in [1.82, 2.24) is 19.9 Å². The number of hydrogen-bond acceptors (Lipinski definition) is 4. The zero-order valence-corrected chi connectivity index (χ0v) is 29.3.